The molecule has 0 fully saturated rings. The zero-order valence-corrected chi connectivity index (χ0v) is 11.2. The summed E-state index contributed by atoms with van der Waals surface area (Å²) in [5, 5.41) is 4.38. The first-order valence-corrected chi connectivity index (χ1v) is 6.33. The Morgan fingerprint density at radius 1 is 1.19 bits per heavy atom. The van der Waals surface area contributed by atoms with Gasteiger partial charge in [0.15, 0.2) is 5.16 Å². The van der Waals surface area contributed by atoms with Gasteiger partial charge in [-0.2, -0.15) is 24.7 Å². The van der Waals surface area contributed by atoms with Gasteiger partial charge in [0, 0.05) is 6.07 Å². The molecule has 0 radical (unpaired) electrons. The number of hydrogen-bond donors (Lipinski definition) is 3. The van der Waals surface area contributed by atoms with Crippen LogP contribution in [-0.4, -0.2) is 39.7 Å². The van der Waals surface area contributed by atoms with Gasteiger partial charge in [-0.25, -0.2) is 9.97 Å². The summed E-state index contributed by atoms with van der Waals surface area (Å²) in [6.45, 7) is 0. The largest absolute Gasteiger partial charge is 0.383 e. The lowest BCUT2D eigenvalue weighted by Crippen LogP contribution is -2.11. The summed E-state index contributed by atoms with van der Waals surface area (Å²) in [6, 6.07) is 1.17. The van der Waals surface area contributed by atoms with Crippen molar-refractivity contribution in [3.8, 4) is 5.95 Å². The van der Waals surface area contributed by atoms with Gasteiger partial charge in [0.25, 0.3) is 11.5 Å². The number of aromatic nitrogens is 8. The lowest BCUT2D eigenvalue weighted by Gasteiger charge is -2.03. The number of nitrogens with one attached hydrogen (secondary N) is 1. The maximum absolute atomic E-state index is 11.3. The monoisotopic (exact) mass is 304 g/mol. The van der Waals surface area contributed by atoms with Crippen LogP contribution in [0.4, 0.5) is 11.8 Å². The van der Waals surface area contributed by atoms with Crippen molar-refractivity contribution in [1.82, 2.24) is 39.7 Å². The van der Waals surface area contributed by atoms with E-state index in [-0.39, 0.29) is 33.6 Å². The van der Waals surface area contributed by atoms with Crippen LogP contribution in [0, 0.1) is 0 Å². The standard InChI is InChI=1S/C9H8N10OS/c10-4-1-5(20)15-8(14-4)21-9-17-6(11)16-7(18-9)19-3-12-2-13-19/h1-3H,(H3,10,14,15,20)(H2,11,16,17,18). The Labute approximate surface area is 120 Å². The molecule has 12 heteroatoms. The van der Waals surface area contributed by atoms with Crippen LogP contribution < -0.4 is 17.0 Å². The predicted molar refractivity (Wildman–Crippen MR) is 72.5 cm³/mol. The number of hydrogen-bond acceptors (Lipinski definition) is 10. The number of anilines is 2. The molecule has 3 rings (SSSR count). The third-order valence-corrected chi connectivity index (χ3v) is 2.92. The van der Waals surface area contributed by atoms with Gasteiger partial charge in [-0.1, -0.05) is 0 Å². The van der Waals surface area contributed by atoms with E-state index in [2.05, 4.69) is 35.0 Å². The molecule has 3 aromatic rings. The molecule has 0 atom stereocenters. The third kappa shape index (κ3) is 2.94. The van der Waals surface area contributed by atoms with Crippen molar-refractivity contribution in [2.24, 2.45) is 0 Å². The molecule has 5 N–H and O–H groups in total. The highest BCUT2D eigenvalue weighted by molar-refractivity contribution is 7.99. The summed E-state index contributed by atoms with van der Waals surface area (Å²) in [6.07, 6.45) is 2.76. The van der Waals surface area contributed by atoms with Crippen LogP contribution >= 0.6 is 11.8 Å². The minimum absolute atomic E-state index is 0.00394. The second-order valence-electron chi connectivity index (χ2n) is 3.69. The maximum atomic E-state index is 11.3. The summed E-state index contributed by atoms with van der Waals surface area (Å²) in [5.74, 6) is 0.303. The predicted octanol–water partition coefficient (Wildman–Crippen LogP) is -1.15. The summed E-state index contributed by atoms with van der Waals surface area (Å²) in [5.41, 5.74) is 10.8. The van der Waals surface area contributed by atoms with E-state index in [9.17, 15) is 4.79 Å². The van der Waals surface area contributed by atoms with Gasteiger partial charge in [-0.3, -0.25) is 4.79 Å². The van der Waals surface area contributed by atoms with E-state index in [4.69, 9.17) is 11.5 Å². The summed E-state index contributed by atoms with van der Waals surface area (Å²) < 4.78 is 1.33. The lowest BCUT2D eigenvalue weighted by molar-refractivity contribution is 0.761. The average molecular weight is 304 g/mol. The van der Waals surface area contributed by atoms with Crippen LogP contribution in [-0.2, 0) is 0 Å². The molecule has 0 saturated heterocycles. The molecule has 0 aliphatic rings. The van der Waals surface area contributed by atoms with Gasteiger partial charge >= 0.3 is 0 Å². The van der Waals surface area contributed by atoms with Crippen LogP contribution in [0.2, 0.25) is 0 Å². The molecule has 0 unspecified atom stereocenters. The SMILES string of the molecule is Nc1cc(=O)[nH]c(Sc2nc(N)nc(-n3cncn3)n2)n1. The molecule has 0 aliphatic heterocycles. The smallest absolute Gasteiger partial charge is 0.257 e. The normalized spacial score (nSPS) is 10.7. The molecule has 3 heterocycles. The Hall–Kier alpha value is -3.02. The van der Waals surface area contributed by atoms with Crippen molar-refractivity contribution in [1.29, 1.82) is 0 Å². The molecule has 0 bridgehead atoms. The molecule has 0 amide bonds. The first-order chi connectivity index (χ1) is 10.1. The number of aromatic amines is 1. The van der Waals surface area contributed by atoms with E-state index in [1.165, 1.54) is 23.4 Å². The minimum atomic E-state index is -0.372. The van der Waals surface area contributed by atoms with Crippen LogP contribution in [0.15, 0.2) is 33.8 Å². The molecular weight excluding hydrogens is 296 g/mol. The number of nitrogens with zero attached hydrogens (tertiary/aromatic N) is 7. The van der Waals surface area contributed by atoms with E-state index in [0.29, 0.717) is 0 Å². The zero-order chi connectivity index (χ0) is 14.8. The Kier molecular flexibility index (Phi) is 3.19. The molecule has 3 aromatic heterocycles. The second-order valence-corrected chi connectivity index (χ2v) is 4.65. The van der Waals surface area contributed by atoms with Gasteiger partial charge in [0.1, 0.15) is 18.5 Å². The van der Waals surface area contributed by atoms with Gasteiger partial charge < -0.3 is 16.5 Å². The summed E-state index contributed by atoms with van der Waals surface area (Å²) in [4.78, 5) is 33.6. The fourth-order valence-electron chi connectivity index (χ4n) is 1.41. The van der Waals surface area contributed by atoms with E-state index in [1.54, 1.807) is 0 Å². The Morgan fingerprint density at radius 2 is 2.05 bits per heavy atom. The van der Waals surface area contributed by atoms with Crippen LogP contribution in [0.3, 0.4) is 0 Å². The first-order valence-electron chi connectivity index (χ1n) is 5.51. The Morgan fingerprint density at radius 3 is 2.76 bits per heavy atom. The van der Waals surface area contributed by atoms with Crippen molar-refractivity contribution in [2.75, 3.05) is 11.5 Å². The van der Waals surface area contributed by atoms with Gasteiger partial charge in [0.05, 0.1) is 0 Å². The number of nitrogen functional groups attached to an aromatic ring is 2. The van der Waals surface area contributed by atoms with Crippen molar-refractivity contribution in [3.63, 3.8) is 0 Å². The van der Waals surface area contributed by atoms with Crippen molar-refractivity contribution < 1.29 is 0 Å². The topological polar surface area (TPSA) is 167 Å². The van der Waals surface area contributed by atoms with E-state index >= 15 is 0 Å². The molecular formula is C9H8N10OS. The highest BCUT2D eigenvalue weighted by atomic mass is 32.2. The quantitative estimate of drug-likeness (QED) is 0.502. The number of rotatable bonds is 3. The van der Waals surface area contributed by atoms with Crippen molar-refractivity contribution in [2.45, 2.75) is 10.3 Å². The van der Waals surface area contributed by atoms with Crippen LogP contribution in [0.5, 0.6) is 0 Å². The van der Waals surface area contributed by atoms with Crippen LogP contribution in [0.1, 0.15) is 0 Å². The number of nitrogens with two attached hydrogens (primary N) is 2. The van der Waals surface area contributed by atoms with E-state index in [0.717, 1.165) is 11.8 Å². The van der Waals surface area contributed by atoms with Crippen molar-refractivity contribution in [3.05, 3.63) is 29.1 Å². The van der Waals surface area contributed by atoms with E-state index < -0.39 is 0 Å². The molecule has 0 aliphatic carbocycles. The summed E-state index contributed by atoms with van der Waals surface area (Å²) >= 11 is 0.991. The average Bonchev–Trinajstić information content (AvgIpc) is 2.90. The zero-order valence-electron chi connectivity index (χ0n) is 10.3. The second kappa shape index (κ2) is 5.16. The van der Waals surface area contributed by atoms with Gasteiger partial charge in [-0.15, -0.1) is 0 Å². The fraction of sp³-hybridized carbons (Fsp3) is 0. The van der Waals surface area contributed by atoms with Gasteiger partial charge in [0.2, 0.25) is 11.1 Å². The minimum Gasteiger partial charge on any atom is -0.383 e. The molecule has 0 spiro atoms. The molecule has 0 saturated carbocycles. The Bertz CT molecular complexity index is 829. The maximum Gasteiger partial charge on any atom is 0.257 e. The molecule has 21 heavy (non-hydrogen) atoms. The lowest BCUT2D eigenvalue weighted by atomic mass is 10.6. The first kappa shape index (κ1) is 13.0. The summed E-state index contributed by atoms with van der Waals surface area (Å²) in [7, 11) is 0. The highest BCUT2D eigenvalue weighted by Crippen LogP contribution is 2.21. The number of H-pyrrole nitrogens is 1. The third-order valence-electron chi connectivity index (χ3n) is 2.17. The fourth-order valence-corrected chi connectivity index (χ4v) is 2.15. The highest BCUT2D eigenvalue weighted by Gasteiger charge is 2.10. The van der Waals surface area contributed by atoms with E-state index in [1.807, 2.05) is 0 Å². The van der Waals surface area contributed by atoms with Crippen LogP contribution in [0.25, 0.3) is 5.95 Å². The molecule has 0 aromatic carbocycles. The Balaban J connectivity index is 1.97. The van der Waals surface area contributed by atoms with Gasteiger partial charge in [-0.05, 0) is 11.8 Å². The van der Waals surface area contributed by atoms with Crippen molar-refractivity contribution >= 4 is 23.5 Å². The molecule has 106 valence electrons. The molecule has 11 nitrogen and oxygen atoms in total.